The summed E-state index contributed by atoms with van der Waals surface area (Å²) >= 11 is 6.69. The van der Waals surface area contributed by atoms with Crippen LogP contribution in [0.5, 0.6) is 0 Å². The summed E-state index contributed by atoms with van der Waals surface area (Å²) in [5.41, 5.74) is 8.64. The second kappa shape index (κ2) is 6.60. The maximum atomic E-state index is 13.3. The molecule has 1 fully saturated rings. The fourth-order valence-corrected chi connectivity index (χ4v) is 4.55. The molecular formula is C20H22ClN7O. The summed E-state index contributed by atoms with van der Waals surface area (Å²) in [6, 6.07) is 3.82. The maximum Gasteiger partial charge on any atom is 0.264 e. The quantitative estimate of drug-likeness (QED) is 0.538. The van der Waals surface area contributed by atoms with E-state index in [1.54, 1.807) is 22.5 Å². The third kappa shape index (κ3) is 2.74. The molecule has 1 aliphatic heterocycles. The number of fused-ring (bicyclic) bond motifs is 2. The lowest BCUT2D eigenvalue weighted by atomic mass is 10.0. The molecule has 1 atom stereocenters. The van der Waals surface area contributed by atoms with Crippen molar-refractivity contribution in [2.24, 2.45) is 25.7 Å². The highest BCUT2D eigenvalue weighted by atomic mass is 35.5. The zero-order valence-electron chi connectivity index (χ0n) is 16.3. The van der Waals surface area contributed by atoms with Gasteiger partial charge in [-0.05, 0) is 24.9 Å². The van der Waals surface area contributed by atoms with Gasteiger partial charge in [-0.15, -0.1) is 0 Å². The normalized spacial score (nSPS) is 17.1. The van der Waals surface area contributed by atoms with Gasteiger partial charge in [0.1, 0.15) is 5.65 Å². The molecule has 5 rings (SSSR count). The molecular weight excluding hydrogens is 390 g/mol. The van der Waals surface area contributed by atoms with E-state index >= 15 is 0 Å². The Morgan fingerprint density at radius 2 is 2.14 bits per heavy atom. The smallest absolute Gasteiger partial charge is 0.264 e. The summed E-state index contributed by atoms with van der Waals surface area (Å²) in [5, 5.41) is 6.36. The number of H-pyrrole nitrogens is 1. The molecule has 3 N–H and O–H groups in total. The van der Waals surface area contributed by atoms with Crippen molar-refractivity contribution in [3.63, 3.8) is 0 Å². The molecule has 150 valence electrons. The first kappa shape index (κ1) is 18.2. The largest absolute Gasteiger partial charge is 0.345 e. The van der Waals surface area contributed by atoms with Crippen LogP contribution >= 0.6 is 11.6 Å². The van der Waals surface area contributed by atoms with Crippen molar-refractivity contribution in [3.8, 4) is 11.1 Å². The SMILES string of the molecule is Cn1cc2c(Cl)c(-c3c[nH]c4nc(N5CC[C@H](CN)C5)n(C)c(=O)c34)ccc2n1. The maximum absolute atomic E-state index is 13.3. The second-order valence-corrected chi connectivity index (χ2v) is 8.08. The minimum atomic E-state index is -0.0974. The third-order valence-electron chi connectivity index (χ3n) is 5.82. The van der Waals surface area contributed by atoms with E-state index in [2.05, 4.69) is 15.0 Å². The van der Waals surface area contributed by atoms with Crippen molar-refractivity contribution in [2.45, 2.75) is 6.42 Å². The average Bonchev–Trinajstić information content (AvgIpc) is 3.42. The molecule has 0 aliphatic carbocycles. The zero-order valence-corrected chi connectivity index (χ0v) is 17.1. The van der Waals surface area contributed by atoms with E-state index in [1.807, 2.05) is 25.4 Å². The van der Waals surface area contributed by atoms with Gasteiger partial charge in [0.2, 0.25) is 5.95 Å². The number of nitrogens with one attached hydrogen (secondary N) is 1. The lowest BCUT2D eigenvalue weighted by Gasteiger charge is -2.20. The van der Waals surface area contributed by atoms with E-state index in [9.17, 15) is 4.79 Å². The lowest BCUT2D eigenvalue weighted by Crippen LogP contribution is -2.31. The summed E-state index contributed by atoms with van der Waals surface area (Å²) in [4.78, 5) is 23.3. The molecule has 1 aliphatic rings. The highest BCUT2D eigenvalue weighted by Gasteiger charge is 2.26. The minimum Gasteiger partial charge on any atom is -0.345 e. The van der Waals surface area contributed by atoms with Crippen molar-refractivity contribution < 1.29 is 0 Å². The molecule has 4 aromatic rings. The van der Waals surface area contributed by atoms with Crippen LogP contribution in [0.15, 0.2) is 29.3 Å². The Balaban J connectivity index is 1.67. The average molecular weight is 412 g/mol. The van der Waals surface area contributed by atoms with Gasteiger partial charge in [-0.2, -0.15) is 10.1 Å². The number of hydrogen-bond donors (Lipinski definition) is 2. The first-order valence-electron chi connectivity index (χ1n) is 9.63. The summed E-state index contributed by atoms with van der Waals surface area (Å²) in [7, 11) is 3.62. The fraction of sp³-hybridized carbons (Fsp3) is 0.350. The number of halogens is 1. The molecule has 0 bridgehead atoms. The molecule has 8 nitrogen and oxygen atoms in total. The molecule has 9 heteroatoms. The van der Waals surface area contributed by atoms with E-state index in [0.717, 1.165) is 41.5 Å². The van der Waals surface area contributed by atoms with Gasteiger partial charge in [0.05, 0.1) is 15.9 Å². The van der Waals surface area contributed by atoms with Crippen LogP contribution in [-0.2, 0) is 14.1 Å². The van der Waals surface area contributed by atoms with Crippen molar-refractivity contribution in [1.29, 1.82) is 0 Å². The van der Waals surface area contributed by atoms with Crippen LogP contribution in [0.4, 0.5) is 5.95 Å². The van der Waals surface area contributed by atoms with Gasteiger partial charge in [0.25, 0.3) is 5.56 Å². The monoisotopic (exact) mass is 411 g/mol. The molecule has 3 aromatic heterocycles. The summed E-state index contributed by atoms with van der Waals surface area (Å²) in [6.45, 7) is 2.32. The van der Waals surface area contributed by atoms with E-state index in [1.165, 1.54) is 0 Å². The van der Waals surface area contributed by atoms with Crippen LogP contribution in [0.3, 0.4) is 0 Å². The molecule has 0 radical (unpaired) electrons. The zero-order chi connectivity index (χ0) is 20.3. The minimum absolute atomic E-state index is 0.0974. The Bertz CT molecular complexity index is 1300. The Morgan fingerprint density at radius 1 is 1.31 bits per heavy atom. The predicted molar refractivity (Wildman–Crippen MR) is 115 cm³/mol. The van der Waals surface area contributed by atoms with Crippen LogP contribution in [0, 0.1) is 5.92 Å². The number of aromatic nitrogens is 5. The lowest BCUT2D eigenvalue weighted by molar-refractivity contribution is 0.600. The van der Waals surface area contributed by atoms with Gasteiger partial charge >= 0.3 is 0 Å². The number of nitrogens with zero attached hydrogens (tertiary/aromatic N) is 5. The Morgan fingerprint density at radius 3 is 2.90 bits per heavy atom. The molecule has 1 aromatic carbocycles. The van der Waals surface area contributed by atoms with Gasteiger partial charge in [-0.25, -0.2) is 0 Å². The van der Waals surface area contributed by atoms with Gasteiger partial charge < -0.3 is 15.6 Å². The van der Waals surface area contributed by atoms with Gasteiger partial charge in [-0.1, -0.05) is 17.7 Å². The summed E-state index contributed by atoms with van der Waals surface area (Å²) < 4.78 is 3.35. The Labute approximate surface area is 171 Å². The van der Waals surface area contributed by atoms with Crippen LogP contribution in [0.1, 0.15) is 6.42 Å². The van der Waals surface area contributed by atoms with E-state index in [-0.39, 0.29) is 5.56 Å². The molecule has 0 unspecified atom stereocenters. The summed E-state index contributed by atoms with van der Waals surface area (Å²) in [6.07, 6.45) is 4.70. The molecule has 29 heavy (non-hydrogen) atoms. The van der Waals surface area contributed by atoms with Gasteiger partial charge in [-0.3, -0.25) is 14.0 Å². The number of hydrogen-bond acceptors (Lipinski definition) is 5. The number of rotatable bonds is 3. The van der Waals surface area contributed by atoms with Crippen molar-refractivity contribution in [3.05, 3.63) is 39.9 Å². The van der Waals surface area contributed by atoms with E-state index in [4.69, 9.17) is 22.3 Å². The highest BCUT2D eigenvalue weighted by Crippen LogP contribution is 2.36. The number of aryl methyl sites for hydroxylation is 1. The van der Waals surface area contributed by atoms with E-state index < -0.39 is 0 Å². The van der Waals surface area contributed by atoms with Crippen LogP contribution in [0.25, 0.3) is 33.1 Å². The fourth-order valence-electron chi connectivity index (χ4n) is 4.24. The summed E-state index contributed by atoms with van der Waals surface area (Å²) in [5.74, 6) is 1.10. The second-order valence-electron chi connectivity index (χ2n) is 7.70. The van der Waals surface area contributed by atoms with Crippen LogP contribution in [0.2, 0.25) is 5.02 Å². The Kier molecular flexibility index (Phi) is 4.15. The number of benzene rings is 1. The molecule has 0 saturated carbocycles. The number of aromatic amines is 1. The molecule has 4 heterocycles. The predicted octanol–water partition coefficient (Wildman–Crippen LogP) is 2.25. The third-order valence-corrected chi connectivity index (χ3v) is 6.23. The van der Waals surface area contributed by atoms with Crippen molar-refractivity contribution in [2.75, 3.05) is 24.5 Å². The standard InChI is InChI=1S/C20H22ClN7O/c1-26-10-14-15(25-26)4-3-12(17(14)21)13-8-23-18-16(13)19(29)27(2)20(24-18)28-6-5-11(7-22)9-28/h3-4,8,10-11,23H,5-7,9,22H2,1-2H3/t11-/m1/s1. The topological polar surface area (TPSA) is 97.8 Å². The first-order valence-corrected chi connectivity index (χ1v) is 10.0. The van der Waals surface area contributed by atoms with Crippen molar-refractivity contribution >= 4 is 39.5 Å². The molecule has 1 saturated heterocycles. The van der Waals surface area contributed by atoms with Crippen molar-refractivity contribution in [1.82, 2.24) is 24.3 Å². The number of nitrogens with two attached hydrogens (primary N) is 1. The highest BCUT2D eigenvalue weighted by molar-refractivity contribution is 6.38. The van der Waals surface area contributed by atoms with Crippen LogP contribution < -0.4 is 16.2 Å². The van der Waals surface area contributed by atoms with Crippen LogP contribution in [-0.4, -0.2) is 43.9 Å². The number of anilines is 1. The van der Waals surface area contributed by atoms with Gasteiger partial charge in [0, 0.05) is 56.1 Å². The molecule has 0 spiro atoms. The Hall–Kier alpha value is -2.84. The van der Waals surface area contributed by atoms with E-state index in [0.29, 0.717) is 34.5 Å². The first-order chi connectivity index (χ1) is 14.0. The molecule has 0 amide bonds. The van der Waals surface area contributed by atoms with Gasteiger partial charge in [0.15, 0.2) is 0 Å².